The van der Waals surface area contributed by atoms with Crippen LogP contribution in [-0.4, -0.2) is 10.9 Å². The smallest absolute Gasteiger partial charge is 0.265 e. The van der Waals surface area contributed by atoms with Crippen molar-refractivity contribution in [2.24, 2.45) is 5.84 Å². The van der Waals surface area contributed by atoms with Crippen molar-refractivity contribution in [2.45, 2.75) is 0 Å². The molecule has 1 heterocycles. The highest BCUT2D eigenvalue weighted by Gasteiger charge is 2.05. The lowest BCUT2D eigenvalue weighted by Crippen LogP contribution is -2.29. The van der Waals surface area contributed by atoms with E-state index < -0.39 is 0 Å². The summed E-state index contributed by atoms with van der Waals surface area (Å²) in [4.78, 5) is 15.0. The van der Waals surface area contributed by atoms with Gasteiger partial charge in [-0.05, 0) is 18.2 Å². The Morgan fingerprint density at radius 3 is 3.15 bits per heavy atom. The highest BCUT2D eigenvalue weighted by atomic mass is 16.3. The molecule has 1 aromatic heterocycles. The number of carbonyl (C=O) groups is 1. The second-order valence-corrected chi connectivity index (χ2v) is 2.51. The molecule has 0 spiro atoms. The standard InChI is InChI=1S/C8H7N3O2/c9-11-8(12)5-1-2-6-7(3-5)13-4-10-6/h1-4H,9H2,(H,11,12). The fourth-order valence-corrected chi connectivity index (χ4v) is 1.08. The van der Waals surface area contributed by atoms with E-state index in [1.54, 1.807) is 18.2 Å². The number of amides is 1. The molecule has 0 aliphatic heterocycles. The van der Waals surface area contributed by atoms with E-state index in [1.165, 1.54) is 6.39 Å². The van der Waals surface area contributed by atoms with Crippen molar-refractivity contribution in [1.29, 1.82) is 0 Å². The number of hydrazine groups is 1. The number of hydrogen-bond donors (Lipinski definition) is 2. The van der Waals surface area contributed by atoms with E-state index in [2.05, 4.69) is 4.98 Å². The van der Waals surface area contributed by atoms with Gasteiger partial charge in [0.1, 0.15) is 5.52 Å². The van der Waals surface area contributed by atoms with Gasteiger partial charge in [0.2, 0.25) is 0 Å². The maximum absolute atomic E-state index is 11.1. The lowest BCUT2D eigenvalue weighted by molar-refractivity contribution is 0.0953. The topological polar surface area (TPSA) is 81.1 Å². The van der Waals surface area contributed by atoms with Gasteiger partial charge in [0.05, 0.1) is 0 Å². The number of carbonyl (C=O) groups excluding carboxylic acids is 1. The zero-order valence-electron chi connectivity index (χ0n) is 6.65. The first-order chi connectivity index (χ1) is 6.31. The molecule has 0 radical (unpaired) electrons. The summed E-state index contributed by atoms with van der Waals surface area (Å²) in [5, 5.41) is 0. The Morgan fingerprint density at radius 2 is 2.38 bits per heavy atom. The molecule has 0 atom stereocenters. The van der Waals surface area contributed by atoms with E-state index in [4.69, 9.17) is 10.3 Å². The zero-order chi connectivity index (χ0) is 9.26. The molecular weight excluding hydrogens is 170 g/mol. The van der Waals surface area contributed by atoms with E-state index in [0.29, 0.717) is 16.7 Å². The Morgan fingerprint density at radius 1 is 1.54 bits per heavy atom. The second kappa shape index (κ2) is 2.87. The Balaban J connectivity index is 2.54. The lowest BCUT2D eigenvalue weighted by Gasteiger charge is -1.97. The van der Waals surface area contributed by atoms with E-state index in [-0.39, 0.29) is 5.91 Å². The number of oxazole rings is 1. The number of nitrogens with zero attached hydrogens (tertiary/aromatic N) is 1. The number of rotatable bonds is 1. The molecule has 5 heteroatoms. The van der Waals surface area contributed by atoms with Gasteiger partial charge in [0, 0.05) is 5.56 Å². The molecule has 0 aliphatic rings. The first-order valence-electron chi connectivity index (χ1n) is 3.65. The van der Waals surface area contributed by atoms with Crippen molar-refractivity contribution < 1.29 is 9.21 Å². The van der Waals surface area contributed by atoms with Gasteiger partial charge in [-0.25, -0.2) is 10.8 Å². The van der Waals surface area contributed by atoms with Crippen LogP contribution in [0.15, 0.2) is 29.0 Å². The molecule has 2 aromatic rings. The highest BCUT2D eigenvalue weighted by molar-refractivity contribution is 5.96. The van der Waals surface area contributed by atoms with E-state index in [0.717, 1.165) is 0 Å². The Bertz CT molecular complexity index is 449. The third-order valence-electron chi connectivity index (χ3n) is 1.72. The number of aromatic nitrogens is 1. The van der Waals surface area contributed by atoms with Gasteiger partial charge in [-0.1, -0.05) is 0 Å². The van der Waals surface area contributed by atoms with Gasteiger partial charge in [-0.3, -0.25) is 10.2 Å². The number of hydrogen-bond acceptors (Lipinski definition) is 4. The van der Waals surface area contributed by atoms with Crippen molar-refractivity contribution in [3.05, 3.63) is 30.2 Å². The molecule has 0 bridgehead atoms. The third kappa shape index (κ3) is 1.25. The Kier molecular flexibility index (Phi) is 1.71. The van der Waals surface area contributed by atoms with Crippen LogP contribution in [0.2, 0.25) is 0 Å². The fraction of sp³-hybridized carbons (Fsp3) is 0. The van der Waals surface area contributed by atoms with Gasteiger partial charge < -0.3 is 4.42 Å². The molecule has 5 nitrogen and oxygen atoms in total. The summed E-state index contributed by atoms with van der Waals surface area (Å²) < 4.78 is 5.02. The van der Waals surface area contributed by atoms with Gasteiger partial charge in [0.25, 0.3) is 5.91 Å². The predicted octanol–water partition coefficient (Wildman–Crippen LogP) is 0.431. The molecule has 1 aromatic carbocycles. The summed E-state index contributed by atoms with van der Waals surface area (Å²) in [6.07, 6.45) is 1.33. The van der Waals surface area contributed by atoms with Crippen LogP contribution >= 0.6 is 0 Å². The molecule has 2 rings (SSSR count). The highest BCUT2D eigenvalue weighted by Crippen LogP contribution is 2.13. The number of nitrogens with one attached hydrogen (secondary N) is 1. The van der Waals surface area contributed by atoms with Crippen molar-refractivity contribution >= 4 is 17.0 Å². The van der Waals surface area contributed by atoms with Gasteiger partial charge in [0.15, 0.2) is 12.0 Å². The molecule has 1 amide bonds. The average Bonchev–Trinajstić information content (AvgIpc) is 2.63. The van der Waals surface area contributed by atoms with Crippen molar-refractivity contribution in [1.82, 2.24) is 10.4 Å². The SMILES string of the molecule is NNC(=O)c1ccc2ncoc2c1. The van der Waals surface area contributed by atoms with E-state index in [9.17, 15) is 4.79 Å². The molecule has 66 valence electrons. The monoisotopic (exact) mass is 177 g/mol. The summed E-state index contributed by atoms with van der Waals surface area (Å²) in [6.45, 7) is 0. The average molecular weight is 177 g/mol. The second-order valence-electron chi connectivity index (χ2n) is 2.51. The van der Waals surface area contributed by atoms with Gasteiger partial charge in [-0.2, -0.15) is 0 Å². The summed E-state index contributed by atoms with van der Waals surface area (Å²) in [5.41, 5.74) is 3.77. The minimum Gasteiger partial charge on any atom is -0.443 e. The molecule has 0 saturated heterocycles. The minimum absolute atomic E-state index is 0.349. The van der Waals surface area contributed by atoms with E-state index >= 15 is 0 Å². The maximum atomic E-state index is 11.1. The van der Waals surface area contributed by atoms with Crippen LogP contribution in [-0.2, 0) is 0 Å². The molecule has 0 unspecified atom stereocenters. The van der Waals surface area contributed by atoms with Crippen LogP contribution in [0, 0.1) is 0 Å². The van der Waals surface area contributed by atoms with Crippen LogP contribution in [0.25, 0.3) is 11.1 Å². The molecule has 0 saturated carbocycles. The largest absolute Gasteiger partial charge is 0.443 e. The van der Waals surface area contributed by atoms with Gasteiger partial charge >= 0.3 is 0 Å². The Labute approximate surface area is 73.5 Å². The predicted molar refractivity (Wildman–Crippen MR) is 45.7 cm³/mol. The molecule has 13 heavy (non-hydrogen) atoms. The molecule has 0 fully saturated rings. The first-order valence-corrected chi connectivity index (χ1v) is 3.65. The lowest BCUT2D eigenvalue weighted by atomic mass is 10.2. The third-order valence-corrected chi connectivity index (χ3v) is 1.72. The summed E-state index contributed by atoms with van der Waals surface area (Å²) in [6, 6.07) is 4.92. The maximum Gasteiger partial charge on any atom is 0.265 e. The van der Waals surface area contributed by atoms with E-state index in [1.807, 2.05) is 5.43 Å². The van der Waals surface area contributed by atoms with Crippen LogP contribution < -0.4 is 11.3 Å². The number of fused-ring (bicyclic) bond motifs is 1. The summed E-state index contributed by atoms with van der Waals surface area (Å²) in [5.74, 6) is 4.63. The Hall–Kier alpha value is -1.88. The van der Waals surface area contributed by atoms with Gasteiger partial charge in [-0.15, -0.1) is 0 Å². The first kappa shape index (κ1) is 7.75. The zero-order valence-corrected chi connectivity index (χ0v) is 6.65. The normalized spacial score (nSPS) is 10.2. The summed E-state index contributed by atoms with van der Waals surface area (Å²) in [7, 11) is 0. The van der Waals surface area contributed by atoms with Crippen molar-refractivity contribution in [3.8, 4) is 0 Å². The number of nitrogen functional groups attached to an aromatic ring is 1. The van der Waals surface area contributed by atoms with Crippen LogP contribution in [0.5, 0.6) is 0 Å². The van der Waals surface area contributed by atoms with Crippen LogP contribution in [0.3, 0.4) is 0 Å². The van der Waals surface area contributed by atoms with Crippen molar-refractivity contribution in [2.75, 3.05) is 0 Å². The number of nitrogens with two attached hydrogens (primary N) is 1. The van der Waals surface area contributed by atoms with Crippen molar-refractivity contribution in [3.63, 3.8) is 0 Å². The molecule has 3 N–H and O–H groups in total. The number of benzene rings is 1. The minimum atomic E-state index is -0.349. The molecular formula is C8H7N3O2. The van der Waals surface area contributed by atoms with Crippen LogP contribution in [0.1, 0.15) is 10.4 Å². The summed E-state index contributed by atoms with van der Waals surface area (Å²) >= 11 is 0. The quantitative estimate of drug-likeness (QED) is 0.376. The van der Waals surface area contributed by atoms with Crippen LogP contribution in [0.4, 0.5) is 0 Å². The molecule has 0 aliphatic carbocycles. The fourth-order valence-electron chi connectivity index (χ4n) is 1.08.